The Labute approximate surface area is 119 Å². The van der Waals surface area contributed by atoms with Crippen molar-refractivity contribution in [2.45, 2.75) is 53.1 Å². The molecule has 0 saturated carbocycles. The van der Waals surface area contributed by atoms with Gasteiger partial charge in [-0.3, -0.25) is 4.98 Å². The van der Waals surface area contributed by atoms with Gasteiger partial charge < -0.3 is 5.11 Å². The summed E-state index contributed by atoms with van der Waals surface area (Å²) < 4.78 is 0.974. The van der Waals surface area contributed by atoms with Crippen molar-refractivity contribution >= 4 is 15.9 Å². The molecule has 102 valence electrons. The van der Waals surface area contributed by atoms with E-state index in [4.69, 9.17) is 0 Å². The molecule has 0 amide bonds. The summed E-state index contributed by atoms with van der Waals surface area (Å²) in [6, 6.07) is 3.93. The summed E-state index contributed by atoms with van der Waals surface area (Å²) in [6.07, 6.45) is 4.10. The van der Waals surface area contributed by atoms with Gasteiger partial charge in [0.15, 0.2) is 0 Å². The van der Waals surface area contributed by atoms with Crippen molar-refractivity contribution in [1.29, 1.82) is 0 Å². The van der Waals surface area contributed by atoms with Crippen LogP contribution in [0.4, 0.5) is 0 Å². The second kappa shape index (κ2) is 6.67. The van der Waals surface area contributed by atoms with Gasteiger partial charge >= 0.3 is 0 Å². The summed E-state index contributed by atoms with van der Waals surface area (Å²) in [7, 11) is 0. The first-order valence-electron chi connectivity index (χ1n) is 6.55. The molecule has 1 aromatic heterocycles. The fraction of sp³-hybridized carbons (Fsp3) is 0.667. The maximum absolute atomic E-state index is 10.1. The zero-order chi connectivity index (χ0) is 13.8. The highest BCUT2D eigenvalue weighted by molar-refractivity contribution is 9.10. The summed E-state index contributed by atoms with van der Waals surface area (Å²) in [6.45, 7) is 8.94. The minimum atomic E-state index is -0.295. The third-order valence-corrected chi connectivity index (χ3v) is 3.34. The van der Waals surface area contributed by atoms with Crippen LogP contribution in [0.2, 0.25) is 0 Å². The molecule has 18 heavy (non-hydrogen) atoms. The van der Waals surface area contributed by atoms with E-state index in [9.17, 15) is 5.11 Å². The van der Waals surface area contributed by atoms with Crippen molar-refractivity contribution in [3.05, 3.63) is 28.5 Å². The molecule has 0 aliphatic carbocycles. The smallest absolute Gasteiger partial charge is 0.0598 e. The highest BCUT2D eigenvalue weighted by Crippen LogP contribution is 2.27. The number of pyridine rings is 1. The second-order valence-electron chi connectivity index (χ2n) is 6.43. The molecule has 1 heterocycles. The van der Waals surface area contributed by atoms with E-state index in [-0.39, 0.29) is 6.10 Å². The van der Waals surface area contributed by atoms with Crippen LogP contribution in [0.25, 0.3) is 0 Å². The van der Waals surface area contributed by atoms with Crippen LogP contribution >= 0.6 is 15.9 Å². The Morgan fingerprint density at radius 2 is 2.00 bits per heavy atom. The lowest BCUT2D eigenvalue weighted by Gasteiger charge is -2.24. The van der Waals surface area contributed by atoms with E-state index in [0.717, 1.165) is 23.0 Å². The van der Waals surface area contributed by atoms with Crippen LogP contribution in [0.5, 0.6) is 0 Å². The molecule has 2 atom stereocenters. The lowest BCUT2D eigenvalue weighted by molar-refractivity contribution is 0.132. The molecule has 1 aromatic rings. The van der Waals surface area contributed by atoms with E-state index >= 15 is 0 Å². The van der Waals surface area contributed by atoms with Crippen molar-refractivity contribution < 1.29 is 5.11 Å². The van der Waals surface area contributed by atoms with Crippen molar-refractivity contribution in [2.24, 2.45) is 11.3 Å². The average molecular weight is 314 g/mol. The molecule has 0 aromatic carbocycles. The van der Waals surface area contributed by atoms with Gasteiger partial charge in [0.1, 0.15) is 0 Å². The zero-order valence-electron chi connectivity index (χ0n) is 11.8. The largest absolute Gasteiger partial charge is 0.393 e. The number of nitrogens with zero attached hydrogens (tertiary/aromatic N) is 1. The number of hydrogen-bond acceptors (Lipinski definition) is 2. The average Bonchev–Trinajstić information content (AvgIpc) is 2.18. The Bertz CT molecular complexity index is 356. The van der Waals surface area contributed by atoms with E-state index in [2.05, 4.69) is 48.6 Å². The molecule has 0 saturated heterocycles. The number of halogens is 1. The summed E-state index contributed by atoms with van der Waals surface area (Å²) >= 11 is 3.36. The fourth-order valence-electron chi connectivity index (χ4n) is 2.45. The molecule has 1 N–H and O–H groups in total. The zero-order valence-corrected chi connectivity index (χ0v) is 13.4. The Hall–Kier alpha value is -0.410. The highest BCUT2D eigenvalue weighted by Gasteiger charge is 2.18. The van der Waals surface area contributed by atoms with Gasteiger partial charge in [-0.05, 0) is 52.2 Å². The molecule has 0 spiro atoms. The Morgan fingerprint density at radius 3 is 2.50 bits per heavy atom. The van der Waals surface area contributed by atoms with Gasteiger partial charge in [0.25, 0.3) is 0 Å². The van der Waals surface area contributed by atoms with Crippen molar-refractivity contribution in [1.82, 2.24) is 4.98 Å². The van der Waals surface area contributed by atoms with Crippen LogP contribution in [0.1, 0.15) is 46.2 Å². The molecule has 0 aliphatic heterocycles. The lowest BCUT2D eigenvalue weighted by atomic mass is 9.83. The Balaban J connectivity index is 2.41. The number of aromatic nitrogens is 1. The molecule has 0 bridgehead atoms. The van der Waals surface area contributed by atoms with Crippen molar-refractivity contribution in [3.63, 3.8) is 0 Å². The Kier molecular flexibility index (Phi) is 5.80. The number of aliphatic hydroxyl groups is 1. The van der Waals surface area contributed by atoms with Gasteiger partial charge in [-0.25, -0.2) is 0 Å². The summed E-state index contributed by atoms with van der Waals surface area (Å²) in [5.74, 6) is 0.537. The predicted octanol–water partition coefficient (Wildman–Crippen LogP) is 4.21. The standard InChI is InChI=1S/C15H24BrNO/c1-11(9-15(2,3)4)7-14(18)8-13-6-5-12(16)10-17-13/h5-6,10-11,14,18H,7-9H2,1-4H3. The van der Waals surface area contributed by atoms with Gasteiger partial charge in [-0.2, -0.15) is 0 Å². The summed E-state index contributed by atoms with van der Waals surface area (Å²) in [5, 5.41) is 10.1. The molecule has 0 aliphatic rings. The molecule has 2 nitrogen and oxygen atoms in total. The first-order valence-corrected chi connectivity index (χ1v) is 7.34. The second-order valence-corrected chi connectivity index (χ2v) is 7.35. The van der Waals surface area contributed by atoms with E-state index in [1.165, 1.54) is 0 Å². The minimum absolute atomic E-state index is 0.295. The van der Waals surface area contributed by atoms with Crippen LogP contribution in [-0.4, -0.2) is 16.2 Å². The third kappa shape index (κ3) is 6.50. The van der Waals surface area contributed by atoms with Crippen LogP contribution in [-0.2, 0) is 6.42 Å². The quantitative estimate of drug-likeness (QED) is 0.883. The molecule has 0 radical (unpaired) electrons. The van der Waals surface area contributed by atoms with Gasteiger partial charge in [-0.15, -0.1) is 0 Å². The van der Waals surface area contributed by atoms with E-state index in [0.29, 0.717) is 17.8 Å². The summed E-state index contributed by atoms with van der Waals surface area (Å²) in [5.41, 5.74) is 1.28. The lowest BCUT2D eigenvalue weighted by Crippen LogP contribution is -2.19. The third-order valence-electron chi connectivity index (χ3n) is 2.87. The predicted molar refractivity (Wildman–Crippen MR) is 79.5 cm³/mol. The molecule has 3 heteroatoms. The van der Waals surface area contributed by atoms with Crippen LogP contribution < -0.4 is 0 Å². The minimum Gasteiger partial charge on any atom is -0.393 e. The fourth-order valence-corrected chi connectivity index (χ4v) is 2.68. The SMILES string of the molecule is CC(CC(O)Cc1ccc(Br)cn1)CC(C)(C)C. The van der Waals surface area contributed by atoms with Crippen molar-refractivity contribution in [2.75, 3.05) is 0 Å². The monoisotopic (exact) mass is 313 g/mol. The first kappa shape index (κ1) is 15.6. The van der Waals surface area contributed by atoms with Gasteiger partial charge in [-0.1, -0.05) is 27.7 Å². The molecule has 1 rings (SSSR count). The number of hydrogen-bond donors (Lipinski definition) is 1. The molecular weight excluding hydrogens is 290 g/mol. The molecule has 2 unspecified atom stereocenters. The van der Waals surface area contributed by atoms with Gasteiger partial charge in [0.05, 0.1) is 6.10 Å². The normalized spacial score (nSPS) is 15.4. The number of rotatable bonds is 5. The van der Waals surface area contributed by atoms with Gasteiger partial charge in [0.2, 0.25) is 0 Å². The van der Waals surface area contributed by atoms with Crippen LogP contribution in [0, 0.1) is 11.3 Å². The van der Waals surface area contributed by atoms with Gasteiger partial charge in [0, 0.05) is 22.8 Å². The maximum Gasteiger partial charge on any atom is 0.0598 e. The van der Waals surface area contributed by atoms with Crippen molar-refractivity contribution in [3.8, 4) is 0 Å². The van der Waals surface area contributed by atoms with E-state index in [1.54, 1.807) is 6.20 Å². The molecular formula is C15H24BrNO. The van der Waals surface area contributed by atoms with Crippen LogP contribution in [0.15, 0.2) is 22.8 Å². The van der Waals surface area contributed by atoms with Crippen LogP contribution in [0.3, 0.4) is 0 Å². The first-order chi connectivity index (χ1) is 8.26. The summed E-state index contributed by atoms with van der Waals surface area (Å²) in [4.78, 5) is 4.29. The topological polar surface area (TPSA) is 33.1 Å². The Morgan fingerprint density at radius 1 is 1.33 bits per heavy atom. The highest BCUT2D eigenvalue weighted by atomic mass is 79.9. The molecule has 0 fully saturated rings. The van der Waals surface area contributed by atoms with E-state index in [1.807, 2.05) is 12.1 Å². The van der Waals surface area contributed by atoms with E-state index < -0.39 is 0 Å². The number of aliphatic hydroxyl groups excluding tert-OH is 1. The maximum atomic E-state index is 10.1.